The number of aromatic nitrogens is 1. The second kappa shape index (κ2) is 9.37. The largest absolute Gasteiger partial charge is 0.312 e. The zero-order valence-electron chi connectivity index (χ0n) is 19.2. The molecule has 4 rings (SSSR count). The maximum Gasteiger partial charge on any atom is 0.279 e. The van der Waals surface area contributed by atoms with E-state index in [1.165, 1.54) is 23.5 Å². The Labute approximate surface area is 199 Å². The van der Waals surface area contributed by atoms with E-state index in [0.29, 0.717) is 41.8 Å². The van der Waals surface area contributed by atoms with Gasteiger partial charge in [-0.1, -0.05) is 43.4 Å². The van der Waals surface area contributed by atoms with Crippen molar-refractivity contribution in [2.45, 2.75) is 38.6 Å². The van der Waals surface area contributed by atoms with Crippen molar-refractivity contribution in [2.75, 3.05) is 13.1 Å². The molecule has 1 aromatic heterocycles. The van der Waals surface area contributed by atoms with Gasteiger partial charge in [0.05, 0.1) is 15.1 Å². The number of hydrogen-bond acceptors (Lipinski definition) is 4. The zero-order valence-corrected chi connectivity index (χ0v) is 20.8. The number of hydrogen-bond donors (Lipinski definition) is 0. The third-order valence-electron chi connectivity index (χ3n) is 5.99. The molecule has 2 atom stereocenters. The number of thiazole rings is 1. The lowest BCUT2D eigenvalue weighted by Gasteiger charge is -2.34. The molecule has 3 aromatic rings. The Morgan fingerprint density at radius 1 is 1.15 bits per heavy atom. The monoisotopic (exact) mass is 483 g/mol. The molecular formula is C25H29N3O3S2. The van der Waals surface area contributed by atoms with E-state index in [4.69, 9.17) is 0 Å². The zero-order chi connectivity index (χ0) is 23.8. The quantitative estimate of drug-likeness (QED) is 0.498. The summed E-state index contributed by atoms with van der Waals surface area (Å²) >= 11 is 1.45. The average molecular weight is 484 g/mol. The molecule has 8 heteroatoms. The van der Waals surface area contributed by atoms with Crippen molar-refractivity contribution in [3.63, 3.8) is 0 Å². The number of piperidine rings is 1. The predicted molar refractivity (Wildman–Crippen MR) is 133 cm³/mol. The first kappa shape index (κ1) is 23.6. The van der Waals surface area contributed by atoms with Crippen molar-refractivity contribution in [1.82, 2.24) is 8.87 Å². The number of sulfonamides is 1. The highest BCUT2D eigenvalue weighted by atomic mass is 32.2. The second-order valence-corrected chi connectivity index (χ2v) is 11.9. The smallest absolute Gasteiger partial charge is 0.279 e. The first-order valence-electron chi connectivity index (χ1n) is 11.1. The molecule has 2 unspecified atom stereocenters. The highest BCUT2D eigenvalue weighted by Gasteiger charge is 2.31. The molecule has 33 heavy (non-hydrogen) atoms. The Morgan fingerprint density at radius 2 is 1.82 bits per heavy atom. The van der Waals surface area contributed by atoms with Gasteiger partial charge in [-0.2, -0.15) is 9.30 Å². The van der Waals surface area contributed by atoms with E-state index in [-0.39, 0.29) is 4.90 Å². The summed E-state index contributed by atoms with van der Waals surface area (Å²) in [5.41, 5.74) is 2.50. The number of nitrogens with zero attached hydrogens (tertiary/aromatic N) is 3. The molecule has 2 heterocycles. The highest BCUT2D eigenvalue weighted by molar-refractivity contribution is 7.89. The SMILES string of the molecule is C=CCn1c(=NC(=O)c2ccc(S(=O)(=O)N3CC(C)CC(C)C3)cc2)sc2cccc(C)c21. The van der Waals surface area contributed by atoms with Crippen LogP contribution in [-0.4, -0.2) is 36.3 Å². The first-order valence-corrected chi connectivity index (χ1v) is 13.4. The number of carbonyl (C=O) groups excluding carboxylic acids is 1. The average Bonchev–Trinajstić information content (AvgIpc) is 3.11. The molecule has 0 radical (unpaired) electrons. The second-order valence-electron chi connectivity index (χ2n) is 8.91. The van der Waals surface area contributed by atoms with Gasteiger partial charge in [0.15, 0.2) is 4.80 Å². The van der Waals surface area contributed by atoms with Crippen molar-refractivity contribution < 1.29 is 13.2 Å². The van der Waals surface area contributed by atoms with Crippen LogP contribution in [0.3, 0.4) is 0 Å². The molecule has 1 saturated heterocycles. The molecule has 0 bridgehead atoms. The van der Waals surface area contributed by atoms with Crippen LogP contribution in [0.25, 0.3) is 10.2 Å². The fourth-order valence-electron chi connectivity index (χ4n) is 4.56. The van der Waals surface area contributed by atoms with Crippen molar-refractivity contribution in [2.24, 2.45) is 16.8 Å². The van der Waals surface area contributed by atoms with E-state index < -0.39 is 15.9 Å². The number of allylic oxidation sites excluding steroid dienone is 1. The third-order valence-corrected chi connectivity index (χ3v) is 8.88. The highest BCUT2D eigenvalue weighted by Crippen LogP contribution is 2.27. The Kier molecular flexibility index (Phi) is 6.70. The van der Waals surface area contributed by atoms with Gasteiger partial charge in [0, 0.05) is 25.2 Å². The predicted octanol–water partition coefficient (Wildman–Crippen LogP) is 4.60. The Balaban J connectivity index is 1.65. The van der Waals surface area contributed by atoms with Crippen LogP contribution in [0.2, 0.25) is 0 Å². The van der Waals surface area contributed by atoms with E-state index in [0.717, 1.165) is 22.2 Å². The fraction of sp³-hybridized carbons (Fsp3) is 0.360. The van der Waals surface area contributed by atoms with Crippen LogP contribution < -0.4 is 4.80 Å². The van der Waals surface area contributed by atoms with Gasteiger partial charge in [-0.3, -0.25) is 4.79 Å². The van der Waals surface area contributed by atoms with Crippen LogP contribution in [0.4, 0.5) is 0 Å². The van der Waals surface area contributed by atoms with E-state index in [2.05, 4.69) is 25.4 Å². The van der Waals surface area contributed by atoms with Crippen LogP contribution in [-0.2, 0) is 16.6 Å². The summed E-state index contributed by atoms with van der Waals surface area (Å²) in [4.78, 5) is 18.1. The van der Waals surface area contributed by atoms with Crippen LogP contribution in [0, 0.1) is 18.8 Å². The Morgan fingerprint density at radius 3 is 2.45 bits per heavy atom. The van der Waals surface area contributed by atoms with Gasteiger partial charge in [0.2, 0.25) is 10.0 Å². The van der Waals surface area contributed by atoms with Gasteiger partial charge in [0.1, 0.15) is 0 Å². The molecule has 1 fully saturated rings. The maximum absolute atomic E-state index is 13.1. The number of benzene rings is 2. The number of aryl methyl sites for hydroxylation is 1. The fourth-order valence-corrected chi connectivity index (χ4v) is 7.36. The molecule has 174 valence electrons. The third kappa shape index (κ3) is 4.74. The van der Waals surface area contributed by atoms with Crippen molar-refractivity contribution in [3.8, 4) is 0 Å². The van der Waals surface area contributed by atoms with Gasteiger partial charge < -0.3 is 4.57 Å². The number of amides is 1. The minimum absolute atomic E-state index is 0.208. The van der Waals surface area contributed by atoms with Gasteiger partial charge in [-0.25, -0.2) is 8.42 Å². The van der Waals surface area contributed by atoms with E-state index in [1.807, 2.05) is 29.7 Å². The molecule has 6 nitrogen and oxygen atoms in total. The molecule has 0 N–H and O–H groups in total. The molecule has 2 aromatic carbocycles. The Bertz CT molecular complexity index is 1360. The molecule has 0 spiro atoms. The van der Waals surface area contributed by atoms with Crippen LogP contribution >= 0.6 is 11.3 Å². The molecular weight excluding hydrogens is 454 g/mol. The lowest BCUT2D eigenvalue weighted by Crippen LogP contribution is -2.42. The van der Waals surface area contributed by atoms with Crippen LogP contribution in [0.15, 0.2) is 65.0 Å². The van der Waals surface area contributed by atoms with E-state index >= 15 is 0 Å². The normalized spacial score (nSPS) is 20.3. The first-order chi connectivity index (χ1) is 15.7. The maximum atomic E-state index is 13.1. The topological polar surface area (TPSA) is 71.7 Å². The van der Waals surface area contributed by atoms with Gasteiger partial charge in [0.25, 0.3) is 5.91 Å². The van der Waals surface area contributed by atoms with Gasteiger partial charge >= 0.3 is 0 Å². The molecule has 1 aliphatic heterocycles. The van der Waals surface area contributed by atoms with Gasteiger partial charge in [-0.05, 0) is 61.1 Å². The van der Waals surface area contributed by atoms with E-state index in [9.17, 15) is 13.2 Å². The van der Waals surface area contributed by atoms with Crippen LogP contribution in [0.5, 0.6) is 0 Å². The minimum atomic E-state index is -3.59. The number of fused-ring (bicyclic) bond motifs is 1. The number of carbonyl (C=O) groups is 1. The van der Waals surface area contributed by atoms with Crippen molar-refractivity contribution in [1.29, 1.82) is 0 Å². The lowest BCUT2D eigenvalue weighted by molar-refractivity contribution is 0.0997. The Hall–Kier alpha value is -2.55. The molecule has 0 saturated carbocycles. The number of para-hydroxylation sites is 1. The molecule has 1 aliphatic rings. The summed E-state index contributed by atoms with van der Waals surface area (Å²) in [5, 5.41) is 0. The number of rotatable bonds is 5. The molecule has 1 amide bonds. The lowest BCUT2D eigenvalue weighted by atomic mass is 9.94. The summed E-state index contributed by atoms with van der Waals surface area (Å²) in [7, 11) is -3.59. The summed E-state index contributed by atoms with van der Waals surface area (Å²) in [6.07, 6.45) is 2.81. The minimum Gasteiger partial charge on any atom is -0.312 e. The van der Waals surface area contributed by atoms with Crippen LogP contribution in [0.1, 0.15) is 36.2 Å². The van der Waals surface area contributed by atoms with Crippen molar-refractivity contribution in [3.05, 3.63) is 71.0 Å². The van der Waals surface area contributed by atoms with Crippen molar-refractivity contribution >= 4 is 37.5 Å². The van der Waals surface area contributed by atoms with E-state index in [1.54, 1.807) is 22.5 Å². The summed E-state index contributed by atoms with van der Waals surface area (Å²) in [6, 6.07) is 12.1. The summed E-state index contributed by atoms with van der Waals surface area (Å²) in [5.74, 6) is 0.256. The standard InChI is InChI=1S/C25H29N3O3S2/c1-5-13-28-23-19(4)7-6-8-22(23)32-25(28)26-24(29)20-9-11-21(12-10-20)33(30,31)27-15-17(2)14-18(3)16-27/h5-12,17-18H,1,13-16H2,2-4H3. The summed E-state index contributed by atoms with van der Waals surface area (Å²) in [6.45, 7) is 11.6. The van der Waals surface area contributed by atoms with Gasteiger partial charge in [-0.15, -0.1) is 6.58 Å². The summed E-state index contributed by atoms with van der Waals surface area (Å²) < 4.78 is 30.8. The molecule has 0 aliphatic carbocycles.